The van der Waals surface area contributed by atoms with Crippen molar-refractivity contribution in [1.29, 1.82) is 0 Å². The lowest BCUT2D eigenvalue weighted by Crippen LogP contribution is -2.46. The van der Waals surface area contributed by atoms with Crippen LogP contribution in [-0.4, -0.2) is 51.8 Å². The SMILES string of the molecule is CC(Oc1ccc(Cl)cc1)C(=O)N1CC(O)CC1C(=O)O. The van der Waals surface area contributed by atoms with Crippen molar-refractivity contribution in [3.05, 3.63) is 29.3 Å². The van der Waals surface area contributed by atoms with Gasteiger partial charge in [-0.05, 0) is 31.2 Å². The summed E-state index contributed by atoms with van der Waals surface area (Å²) in [4.78, 5) is 24.5. The third-order valence-corrected chi connectivity index (χ3v) is 3.57. The lowest BCUT2D eigenvalue weighted by molar-refractivity contribution is -0.150. The van der Waals surface area contributed by atoms with Crippen molar-refractivity contribution in [2.75, 3.05) is 6.54 Å². The molecule has 3 atom stereocenters. The van der Waals surface area contributed by atoms with E-state index in [0.29, 0.717) is 10.8 Å². The summed E-state index contributed by atoms with van der Waals surface area (Å²) in [6.45, 7) is 1.55. The van der Waals surface area contributed by atoms with Crippen molar-refractivity contribution in [3.63, 3.8) is 0 Å². The number of hydrogen-bond acceptors (Lipinski definition) is 4. The molecule has 0 aliphatic carbocycles. The summed E-state index contributed by atoms with van der Waals surface area (Å²) >= 11 is 5.76. The Bertz CT molecular complexity index is 533. The Morgan fingerprint density at radius 1 is 1.38 bits per heavy atom. The molecule has 114 valence electrons. The summed E-state index contributed by atoms with van der Waals surface area (Å²) in [5.74, 6) is -1.13. The fourth-order valence-corrected chi connectivity index (χ4v) is 2.42. The summed E-state index contributed by atoms with van der Waals surface area (Å²) in [5, 5.41) is 19.2. The molecule has 6 nitrogen and oxygen atoms in total. The molecule has 1 aromatic rings. The van der Waals surface area contributed by atoms with Gasteiger partial charge in [-0.1, -0.05) is 11.6 Å². The van der Waals surface area contributed by atoms with E-state index in [1.54, 1.807) is 31.2 Å². The number of carboxylic acids is 1. The van der Waals surface area contributed by atoms with Crippen LogP contribution in [0.3, 0.4) is 0 Å². The van der Waals surface area contributed by atoms with Gasteiger partial charge in [0, 0.05) is 18.0 Å². The first-order chi connectivity index (χ1) is 9.88. The van der Waals surface area contributed by atoms with Crippen LogP contribution in [0.2, 0.25) is 5.02 Å². The van der Waals surface area contributed by atoms with Gasteiger partial charge in [0.1, 0.15) is 11.8 Å². The van der Waals surface area contributed by atoms with Gasteiger partial charge in [-0.25, -0.2) is 4.79 Å². The normalized spacial score (nSPS) is 22.9. The Morgan fingerprint density at radius 2 is 2.00 bits per heavy atom. The average Bonchev–Trinajstić information content (AvgIpc) is 2.82. The second-order valence-electron chi connectivity index (χ2n) is 4.95. The highest BCUT2D eigenvalue weighted by Gasteiger charge is 2.40. The molecule has 1 aliphatic heterocycles. The van der Waals surface area contributed by atoms with Crippen molar-refractivity contribution in [2.45, 2.75) is 31.6 Å². The highest BCUT2D eigenvalue weighted by atomic mass is 35.5. The Labute approximate surface area is 126 Å². The first kappa shape index (κ1) is 15.6. The molecule has 7 heteroatoms. The Morgan fingerprint density at radius 3 is 2.57 bits per heavy atom. The molecule has 2 N–H and O–H groups in total. The molecule has 1 aromatic carbocycles. The number of aliphatic hydroxyl groups is 1. The minimum Gasteiger partial charge on any atom is -0.481 e. The molecule has 0 saturated carbocycles. The Balaban J connectivity index is 2.04. The maximum atomic E-state index is 12.3. The number of likely N-dealkylation sites (tertiary alicyclic amines) is 1. The molecule has 21 heavy (non-hydrogen) atoms. The number of hydrogen-bond donors (Lipinski definition) is 2. The Hall–Kier alpha value is -1.79. The van der Waals surface area contributed by atoms with Crippen molar-refractivity contribution in [2.24, 2.45) is 0 Å². The van der Waals surface area contributed by atoms with E-state index in [1.807, 2.05) is 0 Å². The molecular weight excluding hydrogens is 298 g/mol. The van der Waals surface area contributed by atoms with Crippen molar-refractivity contribution in [1.82, 2.24) is 4.90 Å². The standard InChI is InChI=1S/C14H16ClNO5/c1-8(21-11-4-2-9(15)3-5-11)13(18)16-7-10(17)6-12(16)14(19)20/h2-5,8,10,12,17H,6-7H2,1H3,(H,19,20). The lowest BCUT2D eigenvalue weighted by Gasteiger charge is -2.25. The molecule has 1 heterocycles. The second kappa shape index (κ2) is 6.32. The number of halogens is 1. The van der Waals surface area contributed by atoms with Gasteiger partial charge in [0.2, 0.25) is 0 Å². The molecule has 1 amide bonds. The second-order valence-corrected chi connectivity index (χ2v) is 5.38. The van der Waals surface area contributed by atoms with Gasteiger partial charge in [-0.2, -0.15) is 0 Å². The predicted molar refractivity (Wildman–Crippen MR) is 75.3 cm³/mol. The van der Waals surface area contributed by atoms with Crippen molar-refractivity contribution < 1.29 is 24.5 Å². The first-order valence-electron chi connectivity index (χ1n) is 6.52. The van der Waals surface area contributed by atoms with E-state index in [9.17, 15) is 14.7 Å². The van der Waals surface area contributed by atoms with Crippen LogP contribution in [0, 0.1) is 0 Å². The van der Waals surface area contributed by atoms with Crippen LogP contribution in [0.15, 0.2) is 24.3 Å². The molecule has 0 aromatic heterocycles. The molecule has 1 saturated heterocycles. The maximum absolute atomic E-state index is 12.3. The van der Waals surface area contributed by atoms with Crippen LogP contribution in [0.4, 0.5) is 0 Å². The zero-order valence-corrected chi connectivity index (χ0v) is 12.2. The fourth-order valence-electron chi connectivity index (χ4n) is 2.29. The molecule has 0 bridgehead atoms. The average molecular weight is 314 g/mol. The number of β-amino-alcohol motifs (C(OH)–C–C–N with tert-alkyl or cyclic N) is 1. The number of carbonyl (C=O) groups is 2. The number of benzene rings is 1. The van der Waals surface area contributed by atoms with Crippen LogP contribution < -0.4 is 4.74 Å². The minimum absolute atomic E-state index is 0.00409. The maximum Gasteiger partial charge on any atom is 0.326 e. The van der Waals surface area contributed by atoms with Gasteiger partial charge in [-0.15, -0.1) is 0 Å². The number of aliphatic hydroxyl groups excluding tert-OH is 1. The van der Waals surface area contributed by atoms with Gasteiger partial charge < -0.3 is 19.8 Å². The van der Waals surface area contributed by atoms with E-state index >= 15 is 0 Å². The zero-order chi connectivity index (χ0) is 15.6. The Kier molecular flexibility index (Phi) is 4.69. The summed E-state index contributed by atoms with van der Waals surface area (Å²) in [6.07, 6.45) is -1.63. The topological polar surface area (TPSA) is 87.1 Å². The molecule has 0 spiro atoms. The van der Waals surface area contributed by atoms with Gasteiger partial charge in [0.05, 0.1) is 6.10 Å². The van der Waals surface area contributed by atoms with Gasteiger partial charge in [0.25, 0.3) is 5.91 Å². The van der Waals surface area contributed by atoms with Crippen LogP contribution in [-0.2, 0) is 9.59 Å². The number of rotatable bonds is 4. The van der Waals surface area contributed by atoms with Crippen LogP contribution in [0.25, 0.3) is 0 Å². The molecule has 1 fully saturated rings. The number of aliphatic carboxylic acids is 1. The van der Waals surface area contributed by atoms with Crippen LogP contribution >= 0.6 is 11.6 Å². The monoisotopic (exact) mass is 313 g/mol. The predicted octanol–water partition coefficient (Wildman–Crippen LogP) is 1.15. The first-order valence-corrected chi connectivity index (χ1v) is 6.90. The van der Waals surface area contributed by atoms with Crippen molar-refractivity contribution >= 4 is 23.5 Å². The van der Waals surface area contributed by atoms with E-state index in [-0.39, 0.29) is 13.0 Å². The number of nitrogens with zero attached hydrogens (tertiary/aromatic N) is 1. The van der Waals surface area contributed by atoms with E-state index in [4.69, 9.17) is 21.4 Å². The highest BCUT2D eigenvalue weighted by Crippen LogP contribution is 2.22. The van der Waals surface area contributed by atoms with Crippen LogP contribution in [0.5, 0.6) is 5.75 Å². The summed E-state index contributed by atoms with van der Waals surface area (Å²) in [5.41, 5.74) is 0. The smallest absolute Gasteiger partial charge is 0.326 e. The van der Waals surface area contributed by atoms with E-state index in [1.165, 1.54) is 0 Å². The molecule has 0 radical (unpaired) electrons. The minimum atomic E-state index is -1.13. The van der Waals surface area contributed by atoms with Crippen molar-refractivity contribution in [3.8, 4) is 5.75 Å². The largest absolute Gasteiger partial charge is 0.481 e. The van der Waals surface area contributed by atoms with E-state index < -0.39 is 30.1 Å². The number of ether oxygens (including phenoxy) is 1. The van der Waals surface area contributed by atoms with Gasteiger partial charge >= 0.3 is 5.97 Å². The fraction of sp³-hybridized carbons (Fsp3) is 0.429. The third-order valence-electron chi connectivity index (χ3n) is 3.32. The van der Waals surface area contributed by atoms with E-state index in [0.717, 1.165) is 4.90 Å². The molecular formula is C14H16ClNO5. The number of carboxylic acid groups (broad SMARTS) is 1. The van der Waals surface area contributed by atoms with Gasteiger partial charge in [-0.3, -0.25) is 4.79 Å². The van der Waals surface area contributed by atoms with E-state index in [2.05, 4.69) is 0 Å². The summed E-state index contributed by atoms with van der Waals surface area (Å²) < 4.78 is 5.48. The highest BCUT2D eigenvalue weighted by molar-refractivity contribution is 6.30. The van der Waals surface area contributed by atoms with Gasteiger partial charge in [0.15, 0.2) is 6.10 Å². The third kappa shape index (κ3) is 3.65. The molecule has 3 unspecified atom stereocenters. The summed E-state index contributed by atoms with van der Waals surface area (Å²) in [7, 11) is 0. The molecule has 2 rings (SSSR count). The zero-order valence-electron chi connectivity index (χ0n) is 11.4. The van der Waals surface area contributed by atoms with Crippen LogP contribution in [0.1, 0.15) is 13.3 Å². The quantitative estimate of drug-likeness (QED) is 0.871. The summed E-state index contributed by atoms with van der Waals surface area (Å²) in [6, 6.07) is 5.50. The molecule has 1 aliphatic rings. The number of amides is 1. The lowest BCUT2D eigenvalue weighted by atomic mass is 10.2. The number of carbonyl (C=O) groups excluding carboxylic acids is 1.